The highest BCUT2D eigenvalue weighted by atomic mass is 35.5. The number of allylic oxidation sites excluding steroid dienone is 1. The van der Waals surface area contributed by atoms with Crippen LogP contribution in [0.15, 0.2) is 48.0 Å². The predicted molar refractivity (Wildman–Crippen MR) is 98.5 cm³/mol. The number of esters is 1. The Bertz CT molecular complexity index is 912. The molecule has 126 valence electrons. The molecule has 1 aliphatic rings. The largest absolute Gasteiger partial charge is 0.462 e. The molecule has 0 aromatic heterocycles. The van der Waals surface area contributed by atoms with Gasteiger partial charge in [-0.2, -0.15) is 5.26 Å². The Morgan fingerprint density at radius 1 is 1.24 bits per heavy atom. The minimum absolute atomic E-state index is 0.0127. The quantitative estimate of drug-likeness (QED) is 0.414. The van der Waals surface area contributed by atoms with Gasteiger partial charge in [-0.3, -0.25) is 0 Å². The first-order valence-electron chi connectivity index (χ1n) is 7.91. The number of nitrogens with zero attached hydrogens (tertiary/aromatic N) is 1. The minimum atomic E-state index is -0.579. The number of halogens is 2. The molecule has 25 heavy (non-hydrogen) atoms. The van der Waals surface area contributed by atoms with Gasteiger partial charge >= 0.3 is 5.97 Å². The molecule has 3 nitrogen and oxygen atoms in total. The zero-order valence-electron chi connectivity index (χ0n) is 13.6. The lowest BCUT2D eigenvalue weighted by atomic mass is 9.93. The molecule has 0 spiro atoms. The summed E-state index contributed by atoms with van der Waals surface area (Å²) in [5.74, 6) is -0.566. The molecule has 0 aliphatic heterocycles. The number of carbonyl (C=O) groups excluding carboxylic acids is 1. The number of nitriles is 1. The van der Waals surface area contributed by atoms with Crippen LogP contribution in [0, 0.1) is 11.3 Å². The summed E-state index contributed by atoms with van der Waals surface area (Å²) >= 11 is 12.2. The Labute approximate surface area is 156 Å². The number of hydrogen-bond donors (Lipinski definition) is 0. The Morgan fingerprint density at radius 3 is 2.68 bits per heavy atom. The predicted octanol–water partition coefficient (Wildman–Crippen LogP) is 5.37. The van der Waals surface area contributed by atoms with Gasteiger partial charge < -0.3 is 4.74 Å². The highest BCUT2D eigenvalue weighted by molar-refractivity contribution is 6.42. The Morgan fingerprint density at radius 2 is 2.00 bits per heavy atom. The van der Waals surface area contributed by atoms with Crippen LogP contribution in [0.25, 0.3) is 5.57 Å². The summed E-state index contributed by atoms with van der Waals surface area (Å²) in [7, 11) is 0. The second-order valence-corrected chi connectivity index (χ2v) is 6.52. The van der Waals surface area contributed by atoms with E-state index in [2.05, 4.69) is 0 Å². The van der Waals surface area contributed by atoms with E-state index in [-0.39, 0.29) is 18.1 Å². The molecule has 2 aromatic rings. The second-order valence-electron chi connectivity index (χ2n) is 5.70. The van der Waals surface area contributed by atoms with Crippen LogP contribution >= 0.6 is 23.2 Å². The van der Waals surface area contributed by atoms with Crippen molar-refractivity contribution >= 4 is 34.7 Å². The topological polar surface area (TPSA) is 50.1 Å². The van der Waals surface area contributed by atoms with E-state index in [1.165, 1.54) is 0 Å². The third-order valence-electron chi connectivity index (χ3n) is 4.31. The van der Waals surface area contributed by atoms with Crippen LogP contribution in [0.4, 0.5) is 0 Å². The van der Waals surface area contributed by atoms with Crippen LogP contribution in [-0.4, -0.2) is 12.6 Å². The zero-order chi connectivity index (χ0) is 18.0. The molecule has 3 rings (SSSR count). The smallest absolute Gasteiger partial charge is 0.349 e. The number of carbonyl (C=O) groups is 1. The lowest BCUT2D eigenvalue weighted by molar-refractivity contribution is -0.137. The van der Waals surface area contributed by atoms with Gasteiger partial charge in [0.15, 0.2) is 0 Å². The first-order chi connectivity index (χ1) is 12.1. The van der Waals surface area contributed by atoms with Gasteiger partial charge in [0.2, 0.25) is 0 Å². The molecule has 1 aliphatic carbocycles. The number of ether oxygens (including phenoxy) is 1. The van der Waals surface area contributed by atoms with Crippen molar-refractivity contribution in [2.45, 2.75) is 19.3 Å². The molecule has 5 heteroatoms. The summed E-state index contributed by atoms with van der Waals surface area (Å²) in [5.41, 5.74) is 3.75. The first-order valence-corrected chi connectivity index (χ1v) is 8.67. The van der Waals surface area contributed by atoms with Gasteiger partial charge in [-0.25, -0.2) is 4.79 Å². The van der Waals surface area contributed by atoms with Crippen molar-refractivity contribution in [1.29, 1.82) is 5.26 Å². The normalized spacial score (nSPS) is 17.6. The fourth-order valence-electron chi connectivity index (χ4n) is 3.20. The van der Waals surface area contributed by atoms with Crippen LogP contribution in [0.3, 0.4) is 0 Å². The van der Waals surface area contributed by atoms with E-state index >= 15 is 0 Å². The van der Waals surface area contributed by atoms with Gasteiger partial charge in [-0.05, 0) is 47.7 Å². The summed E-state index contributed by atoms with van der Waals surface area (Å²) in [6.45, 7) is 1.95. The van der Waals surface area contributed by atoms with E-state index in [1.807, 2.05) is 42.5 Å². The maximum atomic E-state index is 12.2. The number of fused-ring (bicyclic) bond motifs is 1. The number of hydrogen-bond acceptors (Lipinski definition) is 3. The van der Waals surface area contributed by atoms with E-state index < -0.39 is 5.97 Å². The third-order valence-corrected chi connectivity index (χ3v) is 5.05. The molecule has 0 saturated heterocycles. The minimum Gasteiger partial charge on any atom is -0.462 e. The average Bonchev–Trinajstić information content (AvgIpc) is 2.98. The highest BCUT2D eigenvalue weighted by Crippen LogP contribution is 2.46. The van der Waals surface area contributed by atoms with E-state index in [9.17, 15) is 10.1 Å². The first kappa shape index (κ1) is 17.5. The molecule has 0 saturated carbocycles. The maximum absolute atomic E-state index is 12.2. The third kappa shape index (κ3) is 3.28. The van der Waals surface area contributed by atoms with Crippen molar-refractivity contribution in [3.05, 3.63) is 74.8 Å². The van der Waals surface area contributed by atoms with Crippen LogP contribution in [0.5, 0.6) is 0 Å². The van der Waals surface area contributed by atoms with Gasteiger partial charge in [-0.1, -0.05) is 53.5 Å². The Balaban J connectivity index is 2.13. The van der Waals surface area contributed by atoms with Gasteiger partial charge in [0.1, 0.15) is 11.6 Å². The van der Waals surface area contributed by atoms with Gasteiger partial charge in [0.25, 0.3) is 0 Å². The standard InChI is InChI=1S/C20H15Cl2NO2/c1-2-25-20(24)17(11-23)16-10-15(13-5-3-4-6-14(13)16)12-7-8-18(21)19(22)9-12/h3-9,15H,2,10H2,1H3. The van der Waals surface area contributed by atoms with Gasteiger partial charge in [0.05, 0.1) is 16.7 Å². The molecular formula is C20H15Cl2NO2. The molecule has 0 bridgehead atoms. The van der Waals surface area contributed by atoms with Crippen LogP contribution in [0.1, 0.15) is 36.0 Å². The van der Waals surface area contributed by atoms with Crippen molar-refractivity contribution in [3.63, 3.8) is 0 Å². The van der Waals surface area contributed by atoms with Crippen molar-refractivity contribution < 1.29 is 9.53 Å². The molecule has 0 amide bonds. The van der Waals surface area contributed by atoms with Crippen molar-refractivity contribution in [1.82, 2.24) is 0 Å². The molecule has 0 N–H and O–H groups in total. The summed E-state index contributed by atoms with van der Waals surface area (Å²) in [6.07, 6.45) is 0.541. The molecule has 0 radical (unpaired) electrons. The van der Waals surface area contributed by atoms with Crippen molar-refractivity contribution in [2.24, 2.45) is 0 Å². The summed E-state index contributed by atoms with van der Waals surface area (Å²) < 4.78 is 5.04. The molecule has 2 aromatic carbocycles. The van der Waals surface area contributed by atoms with Crippen LogP contribution < -0.4 is 0 Å². The Hall–Kier alpha value is -2.28. The van der Waals surface area contributed by atoms with E-state index in [1.54, 1.807) is 13.0 Å². The molecule has 0 fully saturated rings. The summed E-state index contributed by atoms with van der Waals surface area (Å²) in [6, 6.07) is 15.3. The van der Waals surface area contributed by atoms with E-state index in [0.29, 0.717) is 22.0 Å². The molecular weight excluding hydrogens is 357 g/mol. The Kier molecular flexibility index (Phi) is 5.13. The summed E-state index contributed by atoms with van der Waals surface area (Å²) in [5, 5.41) is 10.5. The molecule has 0 heterocycles. The summed E-state index contributed by atoms with van der Waals surface area (Å²) in [4.78, 5) is 12.2. The monoisotopic (exact) mass is 371 g/mol. The fourth-order valence-corrected chi connectivity index (χ4v) is 3.51. The zero-order valence-corrected chi connectivity index (χ0v) is 15.1. The van der Waals surface area contributed by atoms with Crippen molar-refractivity contribution in [3.8, 4) is 6.07 Å². The highest BCUT2D eigenvalue weighted by Gasteiger charge is 2.32. The van der Waals surface area contributed by atoms with Crippen LogP contribution in [0.2, 0.25) is 10.0 Å². The lowest BCUT2D eigenvalue weighted by Gasteiger charge is -2.12. The number of rotatable bonds is 3. The second kappa shape index (κ2) is 7.31. The maximum Gasteiger partial charge on any atom is 0.349 e. The fraction of sp³-hybridized carbons (Fsp3) is 0.200. The van der Waals surface area contributed by atoms with Crippen LogP contribution in [-0.2, 0) is 9.53 Å². The average molecular weight is 372 g/mol. The SMILES string of the molecule is CCOC(=O)C(C#N)=C1CC(c2ccc(Cl)c(Cl)c2)c2ccccc21. The van der Waals surface area contributed by atoms with Crippen molar-refractivity contribution in [2.75, 3.05) is 6.61 Å². The van der Waals surface area contributed by atoms with E-state index in [4.69, 9.17) is 27.9 Å². The lowest BCUT2D eigenvalue weighted by Crippen LogP contribution is -2.08. The van der Waals surface area contributed by atoms with Gasteiger partial charge in [0, 0.05) is 5.92 Å². The molecule has 1 atom stereocenters. The number of benzene rings is 2. The van der Waals surface area contributed by atoms with E-state index in [0.717, 1.165) is 16.7 Å². The van der Waals surface area contributed by atoms with Gasteiger partial charge in [-0.15, -0.1) is 0 Å². The molecule has 1 unspecified atom stereocenters.